The number of urea groups is 1. The highest BCUT2D eigenvalue weighted by molar-refractivity contribution is 8.14. The molecule has 6 rings (SSSR count). The van der Waals surface area contributed by atoms with Gasteiger partial charge in [0.05, 0.1) is 5.69 Å². The van der Waals surface area contributed by atoms with Gasteiger partial charge in [0.2, 0.25) is 0 Å². The molecule has 1 aliphatic heterocycles. The van der Waals surface area contributed by atoms with Crippen LogP contribution in [0.2, 0.25) is 0 Å². The lowest BCUT2D eigenvalue weighted by atomic mass is 9.93. The number of anilines is 1. The number of benzene rings is 3. The summed E-state index contributed by atoms with van der Waals surface area (Å²) < 4.78 is 42.9. The Morgan fingerprint density at radius 2 is 1.72 bits per heavy atom. The van der Waals surface area contributed by atoms with Crippen LogP contribution in [0.3, 0.4) is 0 Å². The average molecular weight is 649 g/mol. The second-order valence-electron chi connectivity index (χ2n) is 11.8. The number of nitrogens with zero attached hydrogens (tertiary/aromatic N) is 5. The quantitative estimate of drug-likeness (QED) is 0.227. The van der Waals surface area contributed by atoms with Crippen LogP contribution in [0.25, 0.3) is 17.1 Å². The van der Waals surface area contributed by atoms with Gasteiger partial charge >= 0.3 is 12.4 Å². The van der Waals surface area contributed by atoms with Gasteiger partial charge in [0.1, 0.15) is 12.1 Å². The molecule has 1 aliphatic carbocycles. The summed E-state index contributed by atoms with van der Waals surface area (Å²) in [5.74, 6) is 1.27. The third-order valence-corrected chi connectivity index (χ3v) is 9.53. The van der Waals surface area contributed by atoms with E-state index >= 15 is 0 Å². The fourth-order valence-electron chi connectivity index (χ4n) is 6.30. The zero-order valence-corrected chi connectivity index (χ0v) is 26.6. The highest BCUT2D eigenvalue weighted by Gasteiger charge is 2.33. The Labute approximate surface area is 270 Å². The van der Waals surface area contributed by atoms with Gasteiger partial charge in [0, 0.05) is 35.0 Å². The van der Waals surface area contributed by atoms with E-state index in [1.54, 1.807) is 11.8 Å². The van der Waals surface area contributed by atoms with E-state index in [2.05, 4.69) is 69.0 Å². The van der Waals surface area contributed by atoms with Crippen LogP contribution in [-0.2, 0) is 0 Å². The summed E-state index contributed by atoms with van der Waals surface area (Å²) in [4.78, 5) is 24.5. The third-order valence-electron chi connectivity index (χ3n) is 8.54. The van der Waals surface area contributed by atoms with Crippen LogP contribution in [0.1, 0.15) is 55.2 Å². The number of alkyl halides is 3. The maximum absolute atomic E-state index is 13.3. The smallest absolute Gasteiger partial charge is 0.406 e. The number of ether oxygens (including phenoxy) is 1. The molecule has 1 saturated heterocycles. The zero-order chi connectivity index (χ0) is 32.4. The normalized spacial score (nSPS) is 21.0. The first kappa shape index (κ1) is 31.7. The fraction of sp³-hybridized carbons (Fsp3) is 0.353. The lowest BCUT2D eigenvalue weighted by Crippen LogP contribution is -2.43. The van der Waals surface area contributed by atoms with E-state index in [4.69, 9.17) is 0 Å². The van der Waals surface area contributed by atoms with Crippen LogP contribution in [0.5, 0.6) is 5.75 Å². The monoisotopic (exact) mass is 648 g/mol. The number of carbonyl (C=O) groups is 1. The molecule has 0 spiro atoms. The standard InChI is InChI=1S/C34H35F3N6O2S/c1-21-6-4-7-22(2)30(21)43-23(3)18-19-46-33(43)40-32(44)39-29-9-5-8-28(29)24-10-12-25(13-11-24)31-38-20-42(41-31)26-14-16-27(17-15-26)45-34(35,36)37/h4,6-7,10-17,20,23,28-29H,5,8-9,18-19H2,1-3H3,(H,39,44). The number of para-hydroxylation sites is 1. The molecule has 1 aromatic heterocycles. The molecule has 3 unspecified atom stereocenters. The summed E-state index contributed by atoms with van der Waals surface area (Å²) in [6.07, 6.45) is 0.632. The number of hydrogen-bond acceptors (Lipinski definition) is 5. The van der Waals surface area contributed by atoms with Crippen molar-refractivity contribution < 1.29 is 22.7 Å². The van der Waals surface area contributed by atoms with Crippen molar-refractivity contribution in [3.05, 3.63) is 89.7 Å². The Morgan fingerprint density at radius 3 is 2.41 bits per heavy atom. The molecule has 3 atom stereocenters. The van der Waals surface area contributed by atoms with Crippen molar-refractivity contribution in [1.82, 2.24) is 20.1 Å². The SMILES string of the molecule is Cc1cccc(C)c1N1C(=NC(=O)NC2CCCC2c2ccc(-c3ncn(-c4ccc(OC(F)(F)F)cc4)n3)cc2)SCCC1C. The maximum Gasteiger partial charge on any atom is 0.573 e. The predicted octanol–water partition coefficient (Wildman–Crippen LogP) is 8.18. The number of aromatic nitrogens is 3. The third kappa shape index (κ3) is 7.06. The van der Waals surface area contributed by atoms with Crippen LogP contribution in [0.15, 0.2) is 78.0 Å². The molecule has 2 amide bonds. The number of halogens is 3. The number of thioether (sulfide) groups is 1. The van der Waals surface area contributed by atoms with Gasteiger partial charge in [-0.2, -0.15) is 4.99 Å². The summed E-state index contributed by atoms with van der Waals surface area (Å²) in [6.45, 7) is 6.38. The molecule has 1 saturated carbocycles. The van der Waals surface area contributed by atoms with Crippen molar-refractivity contribution in [2.45, 2.75) is 70.8 Å². The number of amides is 2. The molecule has 3 aromatic carbocycles. The number of amidine groups is 1. The Hall–Kier alpha value is -4.32. The Kier molecular flexibility index (Phi) is 9.08. The van der Waals surface area contributed by atoms with Gasteiger partial charge in [0.15, 0.2) is 11.0 Å². The van der Waals surface area contributed by atoms with Crippen molar-refractivity contribution in [2.75, 3.05) is 10.7 Å². The molecule has 0 bridgehead atoms. The first-order chi connectivity index (χ1) is 22.1. The first-order valence-electron chi connectivity index (χ1n) is 15.3. The van der Waals surface area contributed by atoms with Crippen molar-refractivity contribution in [1.29, 1.82) is 0 Å². The van der Waals surface area contributed by atoms with Crippen LogP contribution in [0, 0.1) is 13.8 Å². The molecule has 2 heterocycles. The van der Waals surface area contributed by atoms with Crippen LogP contribution in [0.4, 0.5) is 23.7 Å². The number of hydrogen-bond donors (Lipinski definition) is 1. The number of carbonyl (C=O) groups excluding carboxylic acids is 1. The van der Waals surface area contributed by atoms with E-state index in [1.165, 1.54) is 35.3 Å². The molecule has 46 heavy (non-hydrogen) atoms. The van der Waals surface area contributed by atoms with Crippen molar-refractivity contribution in [3.63, 3.8) is 0 Å². The van der Waals surface area contributed by atoms with E-state index in [0.717, 1.165) is 64.5 Å². The van der Waals surface area contributed by atoms with E-state index in [9.17, 15) is 18.0 Å². The van der Waals surface area contributed by atoms with Gasteiger partial charge in [0.25, 0.3) is 0 Å². The molecule has 1 N–H and O–H groups in total. The Bertz CT molecular complexity index is 1700. The maximum atomic E-state index is 13.3. The highest BCUT2D eigenvalue weighted by atomic mass is 32.2. The molecular weight excluding hydrogens is 613 g/mol. The van der Waals surface area contributed by atoms with E-state index < -0.39 is 6.36 Å². The summed E-state index contributed by atoms with van der Waals surface area (Å²) in [5.41, 5.74) is 5.93. The van der Waals surface area contributed by atoms with Crippen LogP contribution < -0.4 is 15.0 Å². The number of aliphatic imine (C=N–C) groups is 1. The van der Waals surface area contributed by atoms with Crippen molar-refractivity contribution >= 4 is 28.6 Å². The number of aryl methyl sites for hydroxylation is 2. The summed E-state index contributed by atoms with van der Waals surface area (Å²) in [5, 5.41) is 8.45. The van der Waals surface area contributed by atoms with E-state index in [1.807, 2.05) is 24.3 Å². The Balaban J connectivity index is 1.13. The Morgan fingerprint density at radius 1 is 1.00 bits per heavy atom. The van der Waals surface area contributed by atoms with Crippen LogP contribution in [-0.4, -0.2) is 50.2 Å². The lowest BCUT2D eigenvalue weighted by Gasteiger charge is -2.37. The molecule has 8 nitrogen and oxygen atoms in total. The molecule has 0 radical (unpaired) electrons. The van der Waals surface area contributed by atoms with Crippen LogP contribution >= 0.6 is 11.8 Å². The van der Waals surface area contributed by atoms with Crippen molar-refractivity contribution in [3.8, 4) is 22.8 Å². The predicted molar refractivity (Wildman–Crippen MR) is 175 cm³/mol. The first-order valence-corrected chi connectivity index (χ1v) is 16.3. The summed E-state index contributed by atoms with van der Waals surface area (Å²) >= 11 is 1.63. The molecule has 2 fully saturated rings. The highest BCUT2D eigenvalue weighted by Crippen LogP contribution is 2.37. The summed E-state index contributed by atoms with van der Waals surface area (Å²) in [7, 11) is 0. The largest absolute Gasteiger partial charge is 0.573 e. The molecule has 2 aliphatic rings. The lowest BCUT2D eigenvalue weighted by molar-refractivity contribution is -0.274. The molecule has 12 heteroatoms. The second-order valence-corrected chi connectivity index (χ2v) is 12.8. The molecular formula is C34H35F3N6O2S. The van der Waals surface area contributed by atoms with Gasteiger partial charge in [-0.3, -0.25) is 0 Å². The number of nitrogens with one attached hydrogen (secondary N) is 1. The van der Waals surface area contributed by atoms with Gasteiger partial charge in [-0.25, -0.2) is 14.5 Å². The minimum atomic E-state index is -4.75. The summed E-state index contributed by atoms with van der Waals surface area (Å²) in [6, 6.07) is 19.6. The van der Waals surface area contributed by atoms with Gasteiger partial charge in [-0.15, -0.1) is 18.3 Å². The van der Waals surface area contributed by atoms with Gasteiger partial charge < -0.3 is 15.0 Å². The molecule has 240 valence electrons. The van der Waals surface area contributed by atoms with E-state index in [0.29, 0.717) is 11.5 Å². The minimum Gasteiger partial charge on any atom is -0.406 e. The van der Waals surface area contributed by atoms with E-state index in [-0.39, 0.29) is 29.8 Å². The fourth-order valence-corrected chi connectivity index (χ4v) is 7.50. The van der Waals surface area contributed by atoms with Gasteiger partial charge in [-0.05, 0) is 81.0 Å². The van der Waals surface area contributed by atoms with Crippen molar-refractivity contribution in [2.24, 2.45) is 4.99 Å². The average Bonchev–Trinajstić information content (AvgIpc) is 3.68. The van der Waals surface area contributed by atoms with Gasteiger partial charge in [-0.1, -0.05) is 60.6 Å². The topological polar surface area (TPSA) is 84.6 Å². The number of rotatable bonds is 6. The molecule has 4 aromatic rings. The zero-order valence-electron chi connectivity index (χ0n) is 25.8. The second kappa shape index (κ2) is 13.2. The minimum absolute atomic E-state index is 0.0241.